The van der Waals surface area contributed by atoms with Crippen molar-refractivity contribution in [2.75, 3.05) is 7.11 Å². The average Bonchev–Trinajstić information content (AvgIpc) is 2.15. The molecule has 0 aromatic heterocycles. The molecular weight excluding hydrogens is 222 g/mol. The van der Waals surface area contributed by atoms with E-state index in [0.29, 0.717) is 5.92 Å². The lowest BCUT2D eigenvalue weighted by atomic mass is 9.77. The fourth-order valence-electron chi connectivity index (χ4n) is 2.12. The van der Waals surface area contributed by atoms with Crippen molar-refractivity contribution >= 4 is 12.4 Å². The van der Waals surface area contributed by atoms with E-state index in [1.165, 1.54) is 30.4 Å². The zero-order valence-corrected chi connectivity index (χ0v) is 10.7. The number of rotatable bonds is 3. The van der Waals surface area contributed by atoms with Gasteiger partial charge in [0.15, 0.2) is 0 Å². The molecule has 0 aliphatic heterocycles. The molecule has 0 heterocycles. The van der Waals surface area contributed by atoms with E-state index in [1.54, 1.807) is 7.11 Å². The molecule has 1 aromatic carbocycles. The number of benzene rings is 1. The third-order valence-corrected chi connectivity index (χ3v) is 3.47. The van der Waals surface area contributed by atoms with Crippen LogP contribution in [0, 0.1) is 12.8 Å². The van der Waals surface area contributed by atoms with Crippen molar-refractivity contribution in [2.45, 2.75) is 32.2 Å². The van der Waals surface area contributed by atoms with Crippen LogP contribution in [0.25, 0.3) is 0 Å². The van der Waals surface area contributed by atoms with E-state index in [9.17, 15) is 0 Å². The highest BCUT2D eigenvalue weighted by atomic mass is 35.5. The van der Waals surface area contributed by atoms with Gasteiger partial charge < -0.3 is 10.5 Å². The van der Waals surface area contributed by atoms with Gasteiger partial charge in [-0.05, 0) is 42.9 Å². The third-order valence-electron chi connectivity index (χ3n) is 3.47. The van der Waals surface area contributed by atoms with Crippen LogP contribution in [-0.2, 0) is 0 Å². The second kappa shape index (κ2) is 5.55. The highest BCUT2D eigenvalue weighted by molar-refractivity contribution is 5.85. The van der Waals surface area contributed by atoms with Crippen LogP contribution in [0.4, 0.5) is 0 Å². The summed E-state index contributed by atoms with van der Waals surface area (Å²) >= 11 is 0. The number of ether oxygens (including phenoxy) is 1. The molecule has 2 nitrogen and oxygen atoms in total. The van der Waals surface area contributed by atoms with Crippen LogP contribution in [-0.4, -0.2) is 7.11 Å². The van der Waals surface area contributed by atoms with Crippen molar-refractivity contribution in [2.24, 2.45) is 11.7 Å². The Morgan fingerprint density at radius 1 is 1.38 bits per heavy atom. The Morgan fingerprint density at radius 2 is 2.06 bits per heavy atom. The smallest absolute Gasteiger partial charge is 0.122 e. The van der Waals surface area contributed by atoms with E-state index in [-0.39, 0.29) is 18.4 Å². The number of nitrogens with two attached hydrogens (primary N) is 1. The second-order valence-electron chi connectivity index (χ2n) is 4.45. The largest absolute Gasteiger partial charge is 0.496 e. The molecule has 0 saturated heterocycles. The first-order chi connectivity index (χ1) is 7.22. The Kier molecular flexibility index (Phi) is 4.63. The van der Waals surface area contributed by atoms with Crippen LogP contribution in [0.5, 0.6) is 5.75 Å². The summed E-state index contributed by atoms with van der Waals surface area (Å²) in [4.78, 5) is 0. The molecule has 0 amide bonds. The number of hydrogen-bond acceptors (Lipinski definition) is 2. The van der Waals surface area contributed by atoms with Crippen molar-refractivity contribution in [3.05, 3.63) is 29.3 Å². The predicted octanol–water partition coefficient (Wildman–Crippen LogP) is 3.23. The highest BCUT2D eigenvalue weighted by Gasteiger charge is 2.25. The molecule has 16 heavy (non-hydrogen) atoms. The van der Waals surface area contributed by atoms with E-state index in [1.807, 2.05) is 0 Å². The molecule has 1 aliphatic carbocycles. The molecule has 0 bridgehead atoms. The van der Waals surface area contributed by atoms with Crippen LogP contribution >= 0.6 is 12.4 Å². The number of halogens is 1. The van der Waals surface area contributed by atoms with Crippen LogP contribution < -0.4 is 10.5 Å². The van der Waals surface area contributed by atoms with Crippen LogP contribution in [0.15, 0.2) is 18.2 Å². The highest BCUT2D eigenvalue weighted by Crippen LogP contribution is 2.37. The van der Waals surface area contributed by atoms with Gasteiger partial charge in [-0.1, -0.05) is 18.6 Å². The van der Waals surface area contributed by atoms with Gasteiger partial charge >= 0.3 is 0 Å². The average molecular weight is 242 g/mol. The minimum absolute atomic E-state index is 0. The van der Waals surface area contributed by atoms with E-state index in [4.69, 9.17) is 10.5 Å². The van der Waals surface area contributed by atoms with Crippen LogP contribution in [0.2, 0.25) is 0 Å². The maximum atomic E-state index is 6.22. The van der Waals surface area contributed by atoms with Gasteiger partial charge in [-0.2, -0.15) is 0 Å². The molecule has 90 valence electrons. The molecule has 1 saturated carbocycles. The molecule has 2 rings (SSSR count). The number of methoxy groups -OCH3 is 1. The van der Waals surface area contributed by atoms with Gasteiger partial charge in [0.1, 0.15) is 5.75 Å². The van der Waals surface area contributed by atoms with E-state index < -0.39 is 0 Å². The summed E-state index contributed by atoms with van der Waals surface area (Å²) < 4.78 is 5.31. The van der Waals surface area contributed by atoms with Gasteiger partial charge in [-0.25, -0.2) is 0 Å². The molecule has 1 fully saturated rings. The first kappa shape index (κ1) is 13.3. The van der Waals surface area contributed by atoms with E-state index in [0.717, 1.165) is 5.75 Å². The minimum Gasteiger partial charge on any atom is -0.496 e. The summed E-state index contributed by atoms with van der Waals surface area (Å²) in [7, 11) is 1.71. The minimum atomic E-state index is 0. The fraction of sp³-hybridized carbons (Fsp3) is 0.538. The molecule has 0 radical (unpaired) electrons. The zero-order chi connectivity index (χ0) is 10.8. The molecular formula is C13H20ClNO. The lowest BCUT2D eigenvalue weighted by Crippen LogP contribution is -2.26. The molecule has 3 heteroatoms. The van der Waals surface area contributed by atoms with Crippen molar-refractivity contribution in [1.82, 2.24) is 0 Å². The standard InChI is InChI=1S/C13H19NO.ClH/c1-9-6-7-11(8-12(9)15-2)13(14)10-4-3-5-10;/h6-8,10,13H,3-5,14H2,1-2H3;1H/t13-;/m0./s1. The van der Waals surface area contributed by atoms with Crippen molar-refractivity contribution in [3.8, 4) is 5.75 Å². The molecule has 1 atom stereocenters. The van der Waals surface area contributed by atoms with Crippen molar-refractivity contribution < 1.29 is 4.74 Å². The molecule has 0 unspecified atom stereocenters. The van der Waals surface area contributed by atoms with Gasteiger partial charge in [-0.15, -0.1) is 12.4 Å². The first-order valence-corrected chi connectivity index (χ1v) is 5.62. The SMILES string of the molecule is COc1cc([C@@H](N)C2CCC2)ccc1C.Cl. The molecule has 2 N–H and O–H groups in total. The van der Waals surface area contributed by atoms with Crippen molar-refractivity contribution in [3.63, 3.8) is 0 Å². The van der Waals surface area contributed by atoms with Gasteiger partial charge in [0.2, 0.25) is 0 Å². The maximum Gasteiger partial charge on any atom is 0.122 e. The summed E-state index contributed by atoms with van der Waals surface area (Å²) in [5.74, 6) is 1.62. The second-order valence-corrected chi connectivity index (χ2v) is 4.45. The monoisotopic (exact) mass is 241 g/mol. The Labute approximate surface area is 104 Å². The summed E-state index contributed by atoms with van der Waals surface area (Å²) in [5, 5.41) is 0. The summed E-state index contributed by atoms with van der Waals surface area (Å²) in [6, 6.07) is 6.49. The van der Waals surface area contributed by atoms with E-state index in [2.05, 4.69) is 25.1 Å². The molecule has 0 spiro atoms. The maximum absolute atomic E-state index is 6.22. The lowest BCUT2D eigenvalue weighted by Gasteiger charge is -2.31. The van der Waals surface area contributed by atoms with Gasteiger partial charge in [0.25, 0.3) is 0 Å². The van der Waals surface area contributed by atoms with Crippen molar-refractivity contribution in [1.29, 1.82) is 0 Å². The third kappa shape index (κ3) is 2.50. The molecule has 1 aromatic rings. The Hall–Kier alpha value is -0.730. The Bertz CT molecular complexity index is 350. The molecule has 1 aliphatic rings. The summed E-state index contributed by atoms with van der Waals surface area (Å²) in [5.41, 5.74) is 8.60. The van der Waals surface area contributed by atoms with E-state index >= 15 is 0 Å². The topological polar surface area (TPSA) is 35.2 Å². The Balaban J connectivity index is 0.00000128. The number of aryl methyl sites for hydroxylation is 1. The fourth-order valence-corrected chi connectivity index (χ4v) is 2.12. The quantitative estimate of drug-likeness (QED) is 0.882. The Morgan fingerprint density at radius 3 is 2.56 bits per heavy atom. The van der Waals surface area contributed by atoms with Gasteiger partial charge in [0.05, 0.1) is 7.11 Å². The number of hydrogen-bond donors (Lipinski definition) is 1. The van der Waals surface area contributed by atoms with Crippen LogP contribution in [0.3, 0.4) is 0 Å². The van der Waals surface area contributed by atoms with Crippen LogP contribution in [0.1, 0.15) is 36.4 Å². The lowest BCUT2D eigenvalue weighted by molar-refractivity contribution is 0.264. The normalized spacial score (nSPS) is 17.2. The summed E-state index contributed by atoms with van der Waals surface area (Å²) in [6.45, 7) is 2.05. The van der Waals surface area contributed by atoms with Gasteiger partial charge in [0, 0.05) is 6.04 Å². The summed E-state index contributed by atoms with van der Waals surface area (Å²) in [6.07, 6.45) is 3.89. The first-order valence-electron chi connectivity index (χ1n) is 5.62. The zero-order valence-electron chi connectivity index (χ0n) is 9.90. The van der Waals surface area contributed by atoms with Gasteiger partial charge in [-0.3, -0.25) is 0 Å². The predicted molar refractivity (Wildman–Crippen MR) is 69.2 cm³/mol.